The molecule has 1 aliphatic heterocycles. The topological polar surface area (TPSA) is 29.1 Å². The number of hydrogen-bond donors (Lipinski definition) is 1. The highest BCUT2D eigenvalue weighted by Gasteiger charge is 2.21. The van der Waals surface area contributed by atoms with Gasteiger partial charge in [0, 0.05) is 18.9 Å². The smallest absolute Gasteiger partial charge is 0.137 e. The molecule has 2 nitrogen and oxygen atoms in total. The Labute approximate surface area is 81.1 Å². The second-order valence-corrected chi connectivity index (χ2v) is 3.97. The molecule has 2 heteroatoms. The van der Waals surface area contributed by atoms with Gasteiger partial charge in [0.2, 0.25) is 0 Å². The zero-order chi connectivity index (χ0) is 9.52. The number of carbonyl (C=O) groups is 1. The van der Waals surface area contributed by atoms with E-state index in [2.05, 4.69) is 12.2 Å². The van der Waals surface area contributed by atoms with Crippen molar-refractivity contribution in [2.24, 2.45) is 5.92 Å². The summed E-state index contributed by atoms with van der Waals surface area (Å²) in [7, 11) is 0. The minimum Gasteiger partial charge on any atom is -0.316 e. The summed E-state index contributed by atoms with van der Waals surface area (Å²) in [5.41, 5.74) is 0. The number of hydrogen-bond acceptors (Lipinski definition) is 2. The van der Waals surface area contributed by atoms with E-state index in [1.807, 2.05) is 0 Å². The monoisotopic (exact) mass is 183 g/mol. The number of unbranched alkanes of at least 4 members (excludes halogenated alkanes) is 3. The molecular weight excluding hydrogens is 162 g/mol. The molecule has 76 valence electrons. The van der Waals surface area contributed by atoms with Crippen molar-refractivity contribution in [1.29, 1.82) is 0 Å². The van der Waals surface area contributed by atoms with Crippen LogP contribution in [-0.4, -0.2) is 18.9 Å². The largest absolute Gasteiger partial charge is 0.316 e. The molecule has 1 saturated heterocycles. The van der Waals surface area contributed by atoms with Crippen LogP contribution in [0.1, 0.15) is 45.4 Å². The number of ketones is 1. The van der Waals surface area contributed by atoms with E-state index < -0.39 is 0 Å². The van der Waals surface area contributed by atoms with Gasteiger partial charge in [-0.3, -0.25) is 4.79 Å². The average molecular weight is 183 g/mol. The van der Waals surface area contributed by atoms with E-state index >= 15 is 0 Å². The van der Waals surface area contributed by atoms with Crippen LogP contribution in [0.4, 0.5) is 0 Å². The fourth-order valence-electron chi connectivity index (χ4n) is 1.86. The van der Waals surface area contributed by atoms with Crippen molar-refractivity contribution in [3.8, 4) is 0 Å². The first kappa shape index (κ1) is 10.7. The lowest BCUT2D eigenvalue weighted by Crippen LogP contribution is -2.17. The first-order chi connectivity index (χ1) is 6.34. The molecule has 0 radical (unpaired) electrons. The van der Waals surface area contributed by atoms with E-state index in [0.717, 1.165) is 32.4 Å². The average Bonchev–Trinajstić information content (AvgIpc) is 2.65. The van der Waals surface area contributed by atoms with Gasteiger partial charge >= 0.3 is 0 Å². The Kier molecular flexibility index (Phi) is 5.06. The van der Waals surface area contributed by atoms with E-state index in [4.69, 9.17) is 0 Å². The van der Waals surface area contributed by atoms with Crippen molar-refractivity contribution in [3.63, 3.8) is 0 Å². The maximum absolute atomic E-state index is 11.6. The van der Waals surface area contributed by atoms with Crippen molar-refractivity contribution >= 4 is 5.78 Å². The van der Waals surface area contributed by atoms with Gasteiger partial charge in [0.1, 0.15) is 5.78 Å². The Morgan fingerprint density at radius 2 is 2.23 bits per heavy atom. The molecule has 0 aromatic rings. The van der Waals surface area contributed by atoms with Gasteiger partial charge in [0.15, 0.2) is 0 Å². The summed E-state index contributed by atoms with van der Waals surface area (Å²) >= 11 is 0. The molecule has 0 amide bonds. The lowest BCUT2D eigenvalue weighted by molar-refractivity contribution is -0.122. The van der Waals surface area contributed by atoms with Gasteiger partial charge in [0.25, 0.3) is 0 Å². The second kappa shape index (κ2) is 6.14. The van der Waals surface area contributed by atoms with Crippen LogP contribution in [0.25, 0.3) is 0 Å². The number of Topliss-reactive ketones (excluding diaryl/α,β-unsaturated/α-hetero) is 1. The molecule has 0 spiro atoms. The van der Waals surface area contributed by atoms with E-state index in [9.17, 15) is 4.79 Å². The van der Waals surface area contributed by atoms with E-state index in [-0.39, 0.29) is 0 Å². The van der Waals surface area contributed by atoms with Crippen LogP contribution in [0.3, 0.4) is 0 Å². The highest BCUT2D eigenvalue weighted by Crippen LogP contribution is 2.13. The molecule has 1 aliphatic rings. The minimum absolute atomic E-state index is 0.335. The van der Waals surface area contributed by atoms with Gasteiger partial charge in [0.05, 0.1) is 0 Å². The van der Waals surface area contributed by atoms with Crippen molar-refractivity contribution in [2.75, 3.05) is 13.1 Å². The zero-order valence-electron chi connectivity index (χ0n) is 8.64. The van der Waals surface area contributed by atoms with Gasteiger partial charge in [-0.25, -0.2) is 0 Å². The number of rotatable bonds is 6. The third kappa shape index (κ3) is 3.90. The molecule has 1 unspecified atom stereocenters. The second-order valence-electron chi connectivity index (χ2n) is 3.97. The summed E-state index contributed by atoms with van der Waals surface area (Å²) < 4.78 is 0. The van der Waals surface area contributed by atoms with Crippen LogP contribution in [0.2, 0.25) is 0 Å². The first-order valence-electron chi connectivity index (χ1n) is 5.58. The van der Waals surface area contributed by atoms with Gasteiger partial charge in [-0.15, -0.1) is 0 Å². The lowest BCUT2D eigenvalue weighted by Gasteiger charge is -2.06. The third-order valence-corrected chi connectivity index (χ3v) is 2.79. The van der Waals surface area contributed by atoms with Crippen LogP contribution in [0.5, 0.6) is 0 Å². The first-order valence-corrected chi connectivity index (χ1v) is 5.58. The fraction of sp³-hybridized carbons (Fsp3) is 0.909. The maximum Gasteiger partial charge on any atom is 0.137 e. The molecule has 0 aliphatic carbocycles. The highest BCUT2D eigenvalue weighted by atomic mass is 16.1. The molecule has 1 heterocycles. The predicted molar refractivity (Wildman–Crippen MR) is 54.7 cm³/mol. The molecular formula is C11H21NO. The standard InChI is InChI=1S/C11H21NO/c1-2-3-4-5-6-11(13)10-7-8-12-9-10/h10,12H,2-9H2,1H3. The van der Waals surface area contributed by atoms with E-state index in [0.29, 0.717) is 11.7 Å². The van der Waals surface area contributed by atoms with Crippen LogP contribution in [0.15, 0.2) is 0 Å². The van der Waals surface area contributed by atoms with Gasteiger partial charge in [-0.05, 0) is 19.4 Å². The zero-order valence-corrected chi connectivity index (χ0v) is 8.64. The van der Waals surface area contributed by atoms with Crippen LogP contribution in [-0.2, 0) is 4.79 Å². The molecule has 0 aromatic heterocycles. The molecule has 1 N–H and O–H groups in total. The Morgan fingerprint density at radius 1 is 1.38 bits per heavy atom. The van der Waals surface area contributed by atoms with Gasteiger partial charge in [-0.2, -0.15) is 0 Å². The summed E-state index contributed by atoms with van der Waals surface area (Å²) in [6.07, 6.45) is 6.72. The lowest BCUT2D eigenvalue weighted by atomic mass is 9.98. The molecule has 0 saturated carbocycles. The number of nitrogens with one attached hydrogen (secondary N) is 1. The predicted octanol–water partition coefficient (Wildman–Crippen LogP) is 2.14. The van der Waals surface area contributed by atoms with Crippen molar-refractivity contribution < 1.29 is 4.79 Å². The minimum atomic E-state index is 0.335. The van der Waals surface area contributed by atoms with Gasteiger partial charge in [-0.1, -0.05) is 26.2 Å². The third-order valence-electron chi connectivity index (χ3n) is 2.79. The molecule has 13 heavy (non-hydrogen) atoms. The van der Waals surface area contributed by atoms with Crippen LogP contribution < -0.4 is 5.32 Å². The number of carbonyl (C=O) groups excluding carboxylic acids is 1. The van der Waals surface area contributed by atoms with Crippen molar-refractivity contribution in [2.45, 2.75) is 45.4 Å². The van der Waals surface area contributed by atoms with Crippen LogP contribution in [0, 0.1) is 5.92 Å². The Hall–Kier alpha value is -0.370. The maximum atomic E-state index is 11.6. The molecule has 0 bridgehead atoms. The van der Waals surface area contributed by atoms with E-state index in [1.165, 1.54) is 19.3 Å². The SMILES string of the molecule is CCCCCCC(=O)C1CCNC1. The quantitative estimate of drug-likeness (QED) is 0.639. The molecule has 1 rings (SSSR count). The van der Waals surface area contributed by atoms with Gasteiger partial charge < -0.3 is 5.32 Å². The Balaban J connectivity index is 2.03. The Bertz CT molecular complexity index is 150. The summed E-state index contributed by atoms with van der Waals surface area (Å²) in [4.78, 5) is 11.6. The highest BCUT2D eigenvalue weighted by molar-refractivity contribution is 5.81. The molecule has 0 aromatic carbocycles. The van der Waals surface area contributed by atoms with Crippen LogP contribution >= 0.6 is 0 Å². The normalized spacial score (nSPS) is 22.1. The van der Waals surface area contributed by atoms with E-state index in [1.54, 1.807) is 0 Å². The summed E-state index contributed by atoms with van der Waals surface area (Å²) in [6, 6.07) is 0. The summed E-state index contributed by atoms with van der Waals surface area (Å²) in [5.74, 6) is 0.822. The molecule has 1 fully saturated rings. The summed E-state index contributed by atoms with van der Waals surface area (Å²) in [6.45, 7) is 4.15. The Morgan fingerprint density at radius 3 is 2.85 bits per heavy atom. The van der Waals surface area contributed by atoms with Crippen molar-refractivity contribution in [1.82, 2.24) is 5.32 Å². The molecule has 1 atom stereocenters. The summed E-state index contributed by atoms with van der Waals surface area (Å²) in [5, 5.41) is 3.23. The van der Waals surface area contributed by atoms with Crippen molar-refractivity contribution in [3.05, 3.63) is 0 Å². The fourth-order valence-corrected chi connectivity index (χ4v) is 1.86.